The number of carbonyl (C=O) groups excluding carboxylic acids is 2. The van der Waals surface area contributed by atoms with Crippen LogP contribution in [-0.2, 0) is 28.9 Å². The molecule has 1 unspecified atom stereocenters. The monoisotopic (exact) mass is 546 g/mol. The molecule has 198 valence electrons. The molecule has 0 bridgehead atoms. The predicted octanol–water partition coefficient (Wildman–Crippen LogP) is 7.62. The van der Waals surface area contributed by atoms with Crippen molar-refractivity contribution in [3.8, 4) is 0 Å². The third-order valence-corrected chi connectivity index (χ3v) is 9.35. The zero-order chi connectivity index (χ0) is 26.6. The number of esters is 1. The van der Waals surface area contributed by atoms with Crippen molar-refractivity contribution in [2.45, 2.75) is 69.6 Å². The molecule has 7 heteroatoms. The molecule has 5 nitrogen and oxygen atoms in total. The molecular formula is C31H34N2O3S2. The number of aryl methyl sites for hydroxylation is 2. The van der Waals surface area contributed by atoms with Crippen LogP contribution in [0.25, 0.3) is 10.9 Å². The Morgan fingerprint density at radius 1 is 1.11 bits per heavy atom. The van der Waals surface area contributed by atoms with Gasteiger partial charge in [0.1, 0.15) is 5.00 Å². The van der Waals surface area contributed by atoms with E-state index in [1.54, 1.807) is 23.1 Å². The highest BCUT2D eigenvalue weighted by Gasteiger charge is 2.28. The number of hydrogen-bond donors (Lipinski definition) is 1. The van der Waals surface area contributed by atoms with Crippen molar-refractivity contribution in [3.05, 3.63) is 81.9 Å². The SMILES string of the molecule is CCOC(=O)c1c(NC(=O)C(C)Sc2cn(Cc3cccc(C)c3)c3ccccc23)sc2c1CCCCC2. The smallest absolute Gasteiger partial charge is 0.341 e. The van der Waals surface area contributed by atoms with Crippen LogP contribution < -0.4 is 5.32 Å². The van der Waals surface area contributed by atoms with E-state index in [1.807, 2.05) is 19.9 Å². The first-order chi connectivity index (χ1) is 18.4. The minimum Gasteiger partial charge on any atom is -0.462 e. The van der Waals surface area contributed by atoms with Crippen molar-refractivity contribution in [2.75, 3.05) is 11.9 Å². The Kier molecular flexibility index (Phi) is 8.24. The second-order valence-corrected chi connectivity index (χ2v) is 12.4. The van der Waals surface area contributed by atoms with Gasteiger partial charge in [-0.1, -0.05) is 54.4 Å². The van der Waals surface area contributed by atoms with Crippen molar-refractivity contribution in [1.82, 2.24) is 4.57 Å². The van der Waals surface area contributed by atoms with Crippen LogP contribution in [0, 0.1) is 6.92 Å². The average Bonchev–Trinajstić information content (AvgIpc) is 3.31. The Hall–Kier alpha value is -3.03. The second kappa shape index (κ2) is 11.8. The molecule has 2 heterocycles. The summed E-state index contributed by atoms with van der Waals surface area (Å²) in [6.07, 6.45) is 7.30. The van der Waals surface area contributed by atoms with Gasteiger partial charge < -0.3 is 14.6 Å². The molecule has 1 aliphatic rings. The van der Waals surface area contributed by atoms with Gasteiger partial charge in [0.05, 0.1) is 17.4 Å². The van der Waals surface area contributed by atoms with Crippen molar-refractivity contribution >= 4 is 50.9 Å². The molecule has 0 aliphatic heterocycles. The van der Waals surface area contributed by atoms with E-state index < -0.39 is 0 Å². The number of nitrogens with zero attached hydrogens (tertiary/aromatic N) is 1. The number of nitrogens with one attached hydrogen (secondary N) is 1. The van der Waals surface area contributed by atoms with Gasteiger partial charge in [0, 0.05) is 33.4 Å². The number of thiophene rings is 1. The fourth-order valence-corrected chi connectivity index (χ4v) is 7.47. The summed E-state index contributed by atoms with van der Waals surface area (Å²) < 4.78 is 7.64. The fraction of sp³-hybridized carbons (Fsp3) is 0.355. The highest BCUT2D eigenvalue weighted by atomic mass is 32.2. The molecule has 0 spiro atoms. The maximum Gasteiger partial charge on any atom is 0.341 e. The predicted molar refractivity (Wildman–Crippen MR) is 158 cm³/mol. The summed E-state index contributed by atoms with van der Waals surface area (Å²) in [6.45, 7) is 6.94. The largest absolute Gasteiger partial charge is 0.462 e. The van der Waals surface area contributed by atoms with Crippen LogP contribution >= 0.6 is 23.1 Å². The molecule has 2 aromatic carbocycles. The fourth-order valence-electron chi connectivity index (χ4n) is 5.15. The Morgan fingerprint density at radius 2 is 1.92 bits per heavy atom. The molecule has 5 rings (SSSR count). The zero-order valence-electron chi connectivity index (χ0n) is 22.2. The summed E-state index contributed by atoms with van der Waals surface area (Å²) in [4.78, 5) is 28.6. The van der Waals surface area contributed by atoms with Gasteiger partial charge in [0.15, 0.2) is 0 Å². The first-order valence-corrected chi connectivity index (χ1v) is 15.1. The van der Waals surface area contributed by atoms with Gasteiger partial charge in [-0.3, -0.25) is 4.79 Å². The molecule has 1 atom stereocenters. The van der Waals surface area contributed by atoms with Crippen molar-refractivity contribution in [3.63, 3.8) is 0 Å². The molecule has 1 N–H and O–H groups in total. The Bertz CT molecular complexity index is 1470. The van der Waals surface area contributed by atoms with Gasteiger partial charge >= 0.3 is 5.97 Å². The van der Waals surface area contributed by atoms with Crippen molar-refractivity contribution < 1.29 is 14.3 Å². The highest BCUT2D eigenvalue weighted by Crippen LogP contribution is 2.39. The van der Waals surface area contributed by atoms with E-state index in [0.29, 0.717) is 17.2 Å². The third kappa shape index (κ3) is 5.69. The average molecular weight is 547 g/mol. The van der Waals surface area contributed by atoms with Crippen LogP contribution in [0.3, 0.4) is 0 Å². The van der Waals surface area contributed by atoms with Crippen LogP contribution in [0.4, 0.5) is 5.00 Å². The Morgan fingerprint density at radius 3 is 2.74 bits per heavy atom. The number of ether oxygens (including phenoxy) is 1. The number of para-hydroxylation sites is 1. The maximum atomic E-state index is 13.4. The van der Waals surface area contributed by atoms with E-state index in [1.165, 1.54) is 16.0 Å². The minimum absolute atomic E-state index is 0.104. The first-order valence-electron chi connectivity index (χ1n) is 13.4. The lowest BCUT2D eigenvalue weighted by molar-refractivity contribution is -0.115. The molecule has 38 heavy (non-hydrogen) atoms. The van der Waals surface area contributed by atoms with Gasteiger partial charge in [-0.05, 0) is 63.6 Å². The molecule has 2 aromatic heterocycles. The number of anilines is 1. The van der Waals surface area contributed by atoms with Gasteiger partial charge in [0.2, 0.25) is 5.91 Å². The van der Waals surface area contributed by atoms with Gasteiger partial charge in [0.25, 0.3) is 0 Å². The summed E-state index contributed by atoms with van der Waals surface area (Å²) in [6, 6.07) is 16.9. The van der Waals surface area contributed by atoms with E-state index >= 15 is 0 Å². The normalized spacial score (nSPS) is 14.1. The molecule has 4 aromatic rings. The lowest BCUT2D eigenvalue weighted by Crippen LogP contribution is -2.23. The first kappa shape index (κ1) is 26.6. The molecule has 1 aliphatic carbocycles. The quantitative estimate of drug-likeness (QED) is 0.140. The number of benzene rings is 2. The number of fused-ring (bicyclic) bond motifs is 2. The number of amides is 1. The van der Waals surface area contributed by atoms with Crippen LogP contribution in [0.2, 0.25) is 0 Å². The number of carbonyl (C=O) groups is 2. The Balaban J connectivity index is 1.37. The summed E-state index contributed by atoms with van der Waals surface area (Å²) >= 11 is 3.10. The lowest BCUT2D eigenvalue weighted by Gasteiger charge is -2.12. The summed E-state index contributed by atoms with van der Waals surface area (Å²) in [5.41, 5.74) is 5.27. The van der Waals surface area contributed by atoms with Crippen LogP contribution in [0.15, 0.2) is 59.6 Å². The van der Waals surface area contributed by atoms with Gasteiger partial charge in [-0.25, -0.2) is 4.79 Å². The van der Waals surface area contributed by atoms with E-state index in [0.717, 1.165) is 60.0 Å². The molecule has 0 radical (unpaired) electrons. The van der Waals surface area contributed by atoms with E-state index in [-0.39, 0.29) is 17.1 Å². The zero-order valence-corrected chi connectivity index (χ0v) is 23.8. The van der Waals surface area contributed by atoms with E-state index in [2.05, 4.69) is 65.5 Å². The van der Waals surface area contributed by atoms with E-state index in [9.17, 15) is 9.59 Å². The standard InChI is InChI=1S/C31H34N2O3S2/c1-4-36-31(35)28-24-14-6-5-7-16-26(24)38-30(28)32-29(34)21(3)37-27-19-33(25-15-9-8-13-23(25)27)18-22-12-10-11-20(2)17-22/h8-13,15,17,19,21H,4-7,14,16,18H2,1-3H3,(H,32,34). The van der Waals surface area contributed by atoms with Crippen molar-refractivity contribution in [1.29, 1.82) is 0 Å². The molecular weight excluding hydrogens is 512 g/mol. The summed E-state index contributed by atoms with van der Waals surface area (Å²) in [5.74, 6) is -0.436. The summed E-state index contributed by atoms with van der Waals surface area (Å²) in [7, 11) is 0. The minimum atomic E-state index is -0.342. The van der Waals surface area contributed by atoms with Crippen LogP contribution in [-0.4, -0.2) is 28.3 Å². The topological polar surface area (TPSA) is 60.3 Å². The molecule has 0 saturated carbocycles. The molecule has 0 fully saturated rings. The maximum absolute atomic E-state index is 13.4. The molecule has 0 saturated heterocycles. The third-order valence-electron chi connectivity index (χ3n) is 7.00. The van der Waals surface area contributed by atoms with Crippen molar-refractivity contribution in [2.24, 2.45) is 0 Å². The number of rotatable bonds is 8. The van der Waals surface area contributed by atoms with Crippen LogP contribution in [0.1, 0.15) is 65.0 Å². The van der Waals surface area contributed by atoms with Gasteiger partial charge in [-0.2, -0.15) is 0 Å². The van der Waals surface area contributed by atoms with Crippen LogP contribution in [0.5, 0.6) is 0 Å². The van der Waals surface area contributed by atoms with Gasteiger partial charge in [-0.15, -0.1) is 23.1 Å². The number of thioether (sulfide) groups is 1. The van der Waals surface area contributed by atoms with E-state index in [4.69, 9.17) is 4.74 Å². The number of aromatic nitrogens is 1. The second-order valence-electron chi connectivity index (χ2n) is 9.87. The Labute approximate surface area is 232 Å². The summed E-state index contributed by atoms with van der Waals surface area (Å²) in [5, 5.41) is 4.53. The lowest BCUT2D eigenvalue weighted by atomic mass is 10.1. The molecule has 1 amide bonds. The number of hydrogen-bond acceptors (Lipinski definition) is 5. The highest BCUT2D eigenvalue weighted by molar-refractivity contribution is 8.00.